The second kappa shape index (κ2) is 6.48. The van der Waals surface area contributed by atoms with Crippen molar-refractivity contribution >= 4 is 34.9 Å². The number of halogens is 1. The maximum Gasteiger partial charge on any atom is 0.157 e. The highest BCUT2D eigenvalue weighted by Crippen LogP contribution is 2.33. The zero-order valence-corrected chi connectivity index (χ0v) is 12.3. The van der Waals surface area contributed by atoms with E-state index >= 15 is 0 Å². The second-order valence-corrected chi connectivity index (χ2v) is 6.31. The molecule has 1 aromatic heterocycles. The Morgan fingerprint density at radius 1 is 1.44 bits per heavy atom. The molecule has 0 amide bonds. The third-order valence-corrected chi connectivity index (χ3v) is 4.70. The van der Waals surface area contributed by atoms with Crippen LogP contribution in [0.15, 0.2) is 6.33 Å². The van der Waals surface area contributed by atoms with E-state index < -0.39 is 0 Å². The minimum absolute atomic E-state index is 0.465. The number of nitrogens with zero attached hydrogens (tertiary/aromatic N) is 2. The van der Waals surface area contributed by atoms with Gasteiger partial charge in [0.2, 0.25) is 0 Å². The lowest BCUT2D eigenvalue weighted by Crippen LogP contribution is -2.18. The molecule has 100 valence electrons. The standard InChI is InChI=1S/C12H19ClN4S/c1-3-18-9-5-4-8(6-9)17-12-10(14-2)11(13)15-7-16-12/h7-9,14H,3-6H2,1-2H3,(H,15,16,17). The average Bonchev–Trinajstić information content (AvgIpc) is 2.77. The molecule has 18 heavy (non-hydrogen) atoms. The molecule has 0 radical (unpaired) electrons. The molecule has 6 heteroatoms. The molecule has 1 aromatic rings. The molecule has 0 spiro atoms. The summed E-state index contributed by atoms with van der Waals surface area (Å²) in [5.74, 6) is 2.00. The first-order valence-corrected chi connectivity index (χ1v) is 7.73. The first-order valence-electron chi connectivity index (χ1n) is 6.31. The molecule has 0 saturated heterocycles. The van der Waals surface area contributed by atoms with Crippen LogP contribution >= 0.6 is 23.4 Å². The lowest BCUT2D eigenvalue weighted by atomic mass is 10.2. The van der Waals surface area contributed by atoms with E-state index in [1.807, 2.05) is 7.05 Å². The molecule has 0 aromatic carbocycles. The Morgan fingerprint density at radius 3 is 3.00 bits per heavy atom. The van der Waals surface area contributed by atoms with Gasteiger partial charge in [0.25, 0.3) is 0 Å². The van der Waals surface area contributed by atoms with Crippen LogP contribution in [0.2, 0.25) is 5.15 Å². The fraction of sp³-hybridized carbons (Fsp3) is 0.667. The number of hydrogen-bond donors (Lipinski definition) is 2. The van der Waals surface area contributed by atoms with E-state index in [0.29, 0.717) is 11.2 Å². The Hall–Kier alpha value is -0.680. The van der Waals surface area contributed by atoms with Crippen molar-refractivity contribution in [2.45, 2.75) is 37.5 Å². The molecule has 0 aliphatic heterocycles. The molecule has 2 atom stereocenters. The summed E-state index contributed by atoms with van der Waals surface area (Å²) in [5.41, 5.74) is 0.783. The van der Waals surface area contributed by atoms with Crippen molar-refractivity contribution in [2.75, 3.05) is 23.4 Å². The lowest BCUT2D eigenvalue weighted by molar-refractivity contribution is 0.751. The summed E-state index contributed by atoms with van der Waals surface area (Å²) in [6.07, 6.45) is 5.17. The Bertz CT molecular complexity index is 402. The van der Waals surface area contributed by atoms with Gasteiger partial charge in [0.1, 0.15) is 12.0 Å². The number of hydrogen-bond acceptors (Lipinski definition) is 5. The third kappa shape index (κ3) is 3.20. The number of thioether (sulfide) groups is 1. The van der Waals surface area contributed by atoms with Gasteiger partial charge in [-0.3, -0.25) is 0 Å². The highest BCUT2D eigenvalue weighted by atomic mass is 35.5. The Labute approximate surface area is 117 Å². The summed E-state index contributed by atoms with van der Waals surface area (Å²) in [7, 11) is 1.83. The van der Waals surface area contributed by atoms with Crippen molar-refractivity contribution in [3.63, 3.8) is 0 Å². The summed E-state index contributed by atoms with van der Waals surface area (Å²) in [5, 5.41) is 7.77. The van der Waals surface area contributed by atoms with Crippen LogP contribution in [-0.2, 0) is 0 Å². The van der Waals surface area contributed by atoms with E-state index in [-0.39, 0.29) is 0 Å². The van der Waals surface area contributed by atoms with Crippen LogP contribution in [0.3, 0.4) is 0 Å². The van der Waals surface area contributed by atoms with Gasteiger partial charge in [-0.15, -0.1) is 0 Å². The predicted molar refractivity (Wildman–Crippen MR) is 79.8 cm³/mol. The largest absolute Gasteiger partial charge is 0.383 e. The highest BCUT2D eigenvalue weighted by Gasteiger charge is 2.25. The molecule has 1 aliphatic carbocycles. The molecule has 4 nitrogen and oxygen atoms in total. The van der Waals surface area contributed by atoms with Gasteiger partial charge < -0.3 is 10.6 Å². The molecule has 1 saturated carbocycles. The van der Waals surface area contributed by atoms with Gasteiger partial charge in [0.05, 0.1) is 0 Å². The van der Waals surface area contributed by atoms with E-state index in [4.69, 9.17) is 11.6 Å². The van der Waals surface area contributed by atoms with Crippen molar-refractivity contribution in [3.8, 4) is 0 Å². The Morgan fingerprint density at radius 2 is 2.28 bits per heavy atom. The van der Waals surface area contributed by atoms with Gasteiger partial charge >= 0.3 is 0 Å². The Kier molecular flexibility index (Phi) is 4.95. The maximum atomic E-state index is 6.04. The van der Waals surface area contributed by atoms with Crippen molar-refractivity contribution in [3.05, 3.63) is 11.5 Å². The van der Waals surface area contributed by atoms with Crippen molar-refractivity contribution < 1.29 is 0 Å². The van der Waals surface area contributed by atoms with Gasteiger partial charge in [-0.2, -0.15) is 11.8 Å². The molecule has 1 fully saturated rings. The summed E-state index contributed by atoms with van der Waals surface area (Å²) in [6, 6.07) is 0.493. The molecule has 2 N–H and O–H groups in total. The fourth-order valence-corrected chi connectivity index (χ4v) is 3.72. The summed E-state index contributed by atoms with van der Waals surface area (Å²) in [4.78, 5) is 8.25. The van der Waals surface area contributed by atoms with Crippen LogP contribution in [0.25, 0.3) is 0 Å². The maximum absolute atomic E-state index is 6.04. The summed E-state index contributed by atoms with van der Waals surface area (Å²) >= 11 is 8.09. The minimum atomic E-state index is 0.465. The molecule has 1 heterocycles. The van der Waals surface area contributed by atoms with Crippen molar-refractivity contribution in [1.29, 1.82) is 0 Å². The van der Waals surface area contributed by atoms with Crippen molar-refractivity contribution in [1.82, 2.24) is 9.97 Å². The lowest BCUT2D eigenvalue weighted by Gasteiger charge is -2.16. The van der Waals surface area contributed by atoms with E-state index in [2.05, 4.69) is 39.3 Å². The second-order valence-electron chi connectivity index (χ2n) is 4.37. The SMILES string of the molecule is CCSC1CCC(Nc2ncnc(Cl)c2NC)C1. The quantitative estimate of drug-likeness (QED) is 0.814. The van der Waals surface area contributed by atoms with Gasteiger partial charge in [0, 0.05) is 18.3 Å². The molecule has 2 rings (SSSR count). The molecule has 0 bridgehead atoms. The van der Waals surface area contributed by atoms with Crippen LogP contribution in [0.5, 0.6) is 0 Å². The smallest absolute Gasteiger partial charge is 0.157 e. The minimum Gasteiger partial charge on any atom is -0.383 e. The van der Waals surface area contributed by atoms with E-state index in [1.54, 1.807) is 0 Å². The van der Waals surface area contributed by atoms with Crippen LogP contribution < -0.4 is 10.6 Å². The van der Waals surface area contributed by atoms with E-state index in [1.165, 1.54) is 31.3 Å². The Balaban J connectivity index is 2.00. The monoisotopic (exact) mass is 286 g/mol. The average molecular weight is 287 g/mol. The van der Waals surface area contributed by atoms with Gasteiger partial charge in [0.15, 0.2) is 11.0 Å². The topological polar surface area (TPSA) is 49.8 Å². The van der Waals surface area contributed by atoms with Crippen LogP contribution in [-0.4, -0.2) is 34.1 Å². The number of anilines is 2. The van der Waals surface area contributed by atoms with E-state index in [9.17, 15) is 0 Å². The van der Waals surface area contributed by atoms with Gasteiger partial charge in [-0.1, -0.05) is 18.5 Å². The van der Waals surface area contributed by atoms with Crippen LogP contribution in [0.4, 0.5) is 11.5 Å². The number of rotatable bonds is 5. The highest BCUT2D eigenvalue weighted by molar-refractivity contribution is 7.99. The molecule has 1 aliphatic rings. The van der Waals surface area contributed by atoms with Gasteiger partial charge in [-0.05, 0) is 25.0 Å². The number of aromatic nitrogens is 2. The first kappa shape index (κ1) is 13.7. The van der Waals surface area contributed by atoms with Crippen molar-refractivity contribution in [2.24, 2.45) is 0 Å². The molecular weight excluding hydrogens is 268 g/mol. The molecular formula is C12H19ClN4S. The summed E-state index contributed by atoms with van der Waals surface area (Å²) < 4.78 is 0. The van der Waals surface area contributed by atoms with Gasteiger partial charge in [-0.25, -0.2) is 9.97 Å². The number of nitrogens with one attached hydrogen (secondary N) is 2. The van der Waals surface area contributed by atoms with E-state index in [0.717, 1.165) is 16.8 Å². The predicted octanol–water partition coefficient (Wildman–Crippen LogP) is 3.26. The normalized spacial score (nSPS) is 23.1. The zero-order valence-electron chi connectivity index (χ0n) is 10.7. The van der Waals surface area contributed by atoms with Crippen LogP contribution in [0.1, 0.15) is 26.2 Å². The molecule has 2 unspecified atom stereocenters. The zero-order chi connectivity index (χ0) is 13.0. The summed E-state index contributed by atoms with van der Waals surface area (Å²) in [6.45, 7) is 2.22. The first-order chi connectivity index (χ1) is 8.74. The fourth-order valence-electron chi connectivity index (χ4n) is 2.35. The third-order valence-electron chi connectivity index (χ3n) is 3.18. The van der Waals surface area contributed by atoms with Crippen LogP contribution in [0, 0.1) is 0 Å².